The first-order valence-corrected chi connectivity index (χ1v) is 3.06. The molecule has 0 rings (SSSR count). The zero-order valence-electron chi connectivity index (χ0n) is 4.33. The first-order valence-electron chi connectivity index (χ1n) is 1.72. The maximum atomic E-state index is 9.84. The van der Waals surface area contributed by atoms with Gasteiger partial charge in [-0.1, -0.05) is 4.33 Å². The van der Waals surface area contributed by atoms with Crippen molar-refractivity contribution in [3.63, 3.8) is 0 Å². The van der Waals surface area contributed by atoms with Crippen molar-refractivity contribution in [1.82, 2.24) is 0 Å². The van der Waals surface area contributed by atoms with Gasteiger partial charge in [-0.2, -0.15) is 12.6 Å². The summed E-state index contributed by atoms with van der Waals surface area (Å²) in [5.41, 5.74) is 0. The molecule has 0 atom stereocenters. The Bertz CT molecular complexity index is 182. The Morgan fingerprint density at radius 3 is 1.70 bits per heavy atom. The van der Waals surface area contributed by atoms with E-state index in [1.807, 2.05) is 0 Å². The van der Waals surface area contributed by atoms with Gasteiger partial charge in [0, 0.05) is 0 Å². The predicted molar refractivity (Wildman–Crippen MR) is 23.1 cm³/mol. The van der Waals surface area contributed by atoms with E-state index in [2.05, 4.69) is 8.52 Å². The van der Waals surface area contributed by atoms with Gasteiger partial charge in [-0.15, -0.1) is 0 Å². The normalized spacial score (nSPS) is 13.6. The smallest absolute Gasteiger partial charge is 0.318 e. The molecule has 0 saturated heterocycles. The minimum atomic E-state index is -4.97. The molecule has 8 nitrogen and oxygen atoms in total. The molecular formula is CH4O8S. The highest BCUT2D eigenvalue weighted by Gasteiger charge is 2.29. The highest BCUT2D eigenvalue weighted by atomic mass is 32.3. The number of hydrogen-bond donors (Lipinski definition) is 4. The molecule has 0 spiro atoms. The van der Waals surface area contributed by atoms with E-state index in [1.54, 1.807) is 0 Å². The van der Waals surface area contributed by atoms with E-state index in [1.165, 1.54) is 0 Å². The molecule has 9 heteroatoms. The summed E-state index contributed by atoms with van der Waals surface area (Å²) in [6.45, 7) is 0. The number of hydrogen-bond acceptors (Lipinski definition) is 8. The molecule has 0 saturated carbocycles. The minimum absolute atomic E-state index is 2.58. The Balaban J connectivity index is 4.18. The van der Waals surface area contributed by atoms with Crippen LogP contribution in [0.25, 0.3) is 0 Å². The minimum Gasteiger partial charge on any atom is -0.318 e. The van der Waals surface area contributed by atoms with Crippen molar-refractivity contribution >= 4 is 10.4 Å². The zero-order valence-corrected chi connectivity index (χ0v) is 5.15. The Labute approximate surface area is 55.1 Å². The fraction of sp³-hybridized carbons (Fsp3) is 1.00. The lowest BCUT2D eigenvalue weighted by Gasteiger charge is -2.10. The maximum Gasteiger partial charge on any atom is 0.432 e. The Kier molecular flexibility index (Phi) is 2.67. The molecule has 0 aliphatic heterocycles. The van der Waals surface area contributed by atoms with Gasteiger partial charge in [-0.25, -0.2) is 5.26 Å². The van der Waals surface area contributed by atoms with Crippen molar-refractivity contribution in [1.29, 1.82) is 0 Å². The Morgan fingerprint density at radius 2 is 1.60 bits per heavy atom. The van der Waals surface area contributed by atoms with Crippen molar-refractivity contribution in [3.05, 3.63) is 0 Å². The van der Waals surface area contributed by atoms with E-state index in [0.29, 0.717) is 0 Å². The molecule has 0 aromatic carbocycles. The molecule has 0 heterocycles. The topological polar surface area (TPSA) is 134 Å². The fourth-order valence-corrected chi connectivity index (χ4v) is 0.456. The number of rotatable bonds is 3. The van der Waals surface area contributed by atoms with Crippen LogP contribution in [0, 0.1) is 0 Å². The van der Waals surface area contributed by atoms with Gasteiger partial charge in [0.1, 0.15) is 0 Å². The number of aliphatic hydroxyl groups is 3. The monoisotopic (exact) mass is 176 g/mol. The van der Waals surface area contributed by atoms with Crippen LogP contribution in [-0.4, -0.2) is 35.2 Å². The van der Waals surface area contributed by atoms with Gasteiger partial charge in [0.05, 0.1) is 0 Å². The molecule has 0 unspecified atom stereocenters. The Morgan fingerprint density at radius 1 is 1.20 bits per heavy atom. The van der Waals surface area contributed by atoms with E-state index in [4.69, 9.17) is 20.6 Å². The highest BCUT2D eigenvalue weighted by Crippen LogP contribution is 2.02. The lowest BCUT2D eigenvalue weighted by atomic mass is 11.2. The standard InChI is InChI=1S/CH4O8S/c2-1(3,4)8-10(6,7)9-5/h2-5H. The molecule has 0 bridgehead atoms. The van der Waals surface area contributed by atoms with Gasteiger partial charge in [0.15, 0.2) is 0 Å². The second kappa shape index (κ2) is 2.75. The van der Waals surface area contributed by atoms with Crippen LogP contribution in [0.1, 0.15) is 0 Å². The third kappa shape index (κ3) is 4.58. The molecule has 62 valence electrons. The summed E-state index contributed by atoms with van der Waals surface area (Å²) < 4.78 is 25.2. The average molecular weight is 176 g/mol. The van der Waals surface area contributed by atoms with Gasteiger partial charge in [0.2, 0.25) is 0 Å². The van der Waals surface area contributed by atoms with Crippen molar-refractivity contribution in [2.24, 2.45) is 0 Å². The summed E-state index contributed by atoms with van der Waals surface area (Å²) >= 11 is 0. The average Bonchev–Trinajstić information content (AvgIpc) is 1.60. The van der Waals surface area contributed by atoms with Crippen LogP contribution in [0.15, 0.2) is 0 Å². The van der Waals surface area contributed by atoms with Crippen molar-refractivity contribution in [3.8, 4) is 0 Å². The largest absolute Gasteiger partial charge is 0.432 e. The van der Waals surface area contributed by atoms with Crippen LogP contribution in [0.2, 0.25) is 0 Å². The molecule has 10 heavy (non-hydrogen) atoms. The van der Waals surface area contributed by atoms with Crippen molar-refractivity contribution < 1.29 is 37.5 Å². The van der Waals surface area contributed by atoms with Gasteiger partial charge < -0.3 is 15.3 Å². The molecule has 0 radical (unpaired) electrons. The van der Waals surface area contributed by atoms with Gasteiger partial charge in [-0.05, 0) is 0 Å². The summed E-state index contributed by atoms with van der Waals surface area (Å²) in [5, 5.41) is 30.8. The lowest BCUT2D eigenvalue weighted by Crippen LogP contribution is -2.34. The zero-order chi connectivity index (χ0) is 8.41. The molecule has 0 aliphatic rings. The SMILES string of the molecule is O=S(=O)(OO)OC(O)(O)O. The summed E-state index contributed by atoms with van der Waals surface area (Å²) in [5.74, 6) is 0. The second-order valence-corrected chi connectivity index (χ2v) is 2.27. The van der Waals surface area contributed by atoms with Crippen LogP contribution in [0.3, 0.4) is 0 Å². The maximum absolute atomic E-state index is 9.84. The van der Waals surface area contributed by atoms with Crippen LogP contribution in [0.5, 0.6) is 0 Å². The van der Waals surface area contributed by atoms with E-state index in [9.17, 15) is 8.42 Å². The summed E-state index contributed by atoms with van der Waals surface area (Å²) in [6.07, 6.45) is -3.89. The first kappa shape index (κ1) is 9.71. The van der Waals surface area contributed by atoms with E-state index in [-0.39, 0.29) is 0 Å². The fourth-order valence-electron chi connectivity index (χ4n) is 0.152. The summed E-state index contributed by atoms with van der Waals surface area (Å²) in [7, 11) is -4.97. The molecule has 0 aliphatic carbocycles. The van der Waals surface area contributed by atoms with Crippen LogP contribution >= 0.6 is 0 Å². The van der Waals surface area contributed by atoms with Crippen LogP contribution in [-0.2, 0) is 18.9 Å². The second-order valence-electron chi connectivity index (χ2n) is 1.14. The van der Waals surface area contributed by atoms with Crippen LogP contribution in [0.4, 0.5) is 0 Å². The van der Waals surface area contributed by atoms with E-state index < -0.39 is 16.6 Å². The lowest BCUT2D eigenvalue weighted by molar-refractivity contribution is -0.422. The van der Waals surface area contributed by atoms with Gasteiger partial charge >= 0.3 is 16.6 Å². The highest BCUT2D eigenvalue weighted by molar-refractivity contribution is 7.81. The summed E-state index contributed by atoms with van der Waals surface area (Å²) in [6, 6.07) is 0. The molecule has 0 amide bonds. The third-order valence-corrected chi connectivity index (χ3v) is 0.915. The first-order chi connectivity index (χ1) is 4.27. The molecule has 0 aromatic rings. The Hall–Kier alpha value is -0.290. The molecule has 0 aromatic heterocycles. The van der Waals surface area contributed by atoms with Crippen molar-refractivity contribution in [2.45, 2.75) is 6.16 Å². The molecular weight excluding hydrogens is 172 g/mol. The predicted octanol–water partition coefficient (Wildman–Crippen LogP) is -2.67. The van der Waals surface area contributed by atoms with Gasteiger partial charge in [-0.3, -0.25) is 0 Å². The third-order valence-electron chi connectivity index (χ3n) is 0.305. The van der Waals surface area contributed by atoms with E-state index in [0.717, 1.165) is 0 Å². The van der Waals surface area contributed by atoms with Crippen LogP contribution < -0.4 is 0 Å². The molecule has 4 N–H and O–H groups in total. The molecule has 0 fully saturated rings. The van der Waals surface area contributed by atoms with Crippen molar-refractivity contribution in [2.75, 3.05) is 0 Å². The quantitative estimate of drug-likeness (QED) is 0.208. The van der Waals surface area contributed by atoms with Gasteiger partial charge in [0.25, 0.3) is 0 Å². The van der Waals surface area contributed by atoms with E-state index >= 15 is 0 Å². The summed E-state index contributed by atoms with van der Waals surface area (Å²) in [4.78, 5) is 0.